The molecule has 4 heterocycles. The highest BCUT2D eigenvalue weighted by Gasteiger charge is 2.59. The second-order valence-electron chi connectivity index (χ2n) is 13.3. The average Bonchev–Trinajstić information content (AvgIpc) is 3.62. The molecule has 0 saturated carbocycles. The minimum absolute atomic E-state index is 0.00155. The van der Waals surface area contributed by atoms with Gasteiger partial charge in [-0.2, -0.15) is 0 Å². The van der Waals surface area contributed by atoms with Gasteiger partial charge >= 0.3 is 0 Å². The summed E-state index contributed by atoms with van der Waals surface area (Å²) in [7, 11) is 5.11. The normalized spacial score (nSPS) is 21.7. The molecule has 8 rings (SSSR count). The Hall–Kier alpha value is -5.06. The lowest BCUT2D eigenvalue weighted by Gasteiger charge is -2.56. The molecule has 4 aromatic carbocycles. The quantitative estimate of drug-likeness (QED) is 0.215. The zero-order chi connectivity index (χ0) is 34.7. The number of hydrogen-bond donors (Lipinski definition) is 0. The molecule has 1 amide bonds. The van der Waals surface area contributed by atoms with Crippen molar-refractivity contribution in [1.29, 1.82) is 0 Å². The zero-order valence-electron chi connectivity index (χ0n) is 28.9. The van der Waals surface area contributed by atoms with Crippen molar-refractivity contribution >= 4 is 11.7 Å². The fraction of sp³-hybridized carbons (Fsp3) is 0.350. The third-order valence-electron chi connectivity index (χ3n) is 10.6. The Bertz CT molecular complexity index is 1980. The number of amides is 1. The molecular formula is C40H40N2O8. The number of rotatable bonds is 9. The number of Topliss-reactive ketones (excluding diaryl/α,β-unsaturated/α-hetero) is 1. The van der Waals surface area contributed by atoms with Gasteiger partial charge in [-0.25, -0.2) is 0 Å². The largest absolute Gasteiger partial charge is 0.496 e. The highest BCUT2D eigenvalue weighted by Crippen LogP contribution is 2.57. The van der Waals surface area contributed by atoms with Crippen LogP contribution in [0.4, 0.5) is 0 Å². The summed E-state index contributed by atoms with van der Waals surface area (Å²) in [5.74, 6) is 2.21. The second-order valence-corrected chi connectivity index (χ2v) is 13.3. The molecule has 4 aliphatic heterocycles. The Balaban J connectivity index is 1.30. The van der Waals surface area contributed by atoms with Crippen molar-refractivity contribution in [3.05, 3.63) is 111 Å². The molecule has 2 bridgehead atoms. The Morgan fingerprint density at radius 3 is 2.14 bits per heavy atom. The molecule has 0 aromatic heterocycles. The molecule has 50 heavy (non-hydrogen) atoms. The summed E-state index contributed by atoms with van der Waals surface area (Å²) in [6, 6.07) is 19.3. The lowest BCUT2D eigenvalue weighted by Crippen LogP contribution is -2.68. The van der Waals surface area contributed by atoms with E-state index < -0.39 is 24.2 Å². The SMILES string of the molecule is COc1c(C)cc2c(c1OCc1ccccc1)[C@H]1[C@H]3C(=O)c4c(OC)c(C)c5c(c4[C@H](COCc4ccccc4)N3C(=O)[C@H](C2)N1C)OCO5. The first-order valence-electron chi connectivity index (χ1n) is 16.9. The number of carbonyl (C=O) groups excluding carboxylic acids is 2. The highest BCUT2D eigenvalue weighted by molar-refractivity contribution is 6.10. The van der Waals surface area contributed by atoms with Crippen LogP contribution in [0, 0.1) is 13.8 Å². The number of hydrogen-bond acceptors (Lipinski definition) is 9. The van der Waals surface area contributed by atoms with Gasteiger partial charge in [0.25, 0.3) is 0 Å². The van der Waals surface area contributed by atoms with E-state index in [0.717, 1.165) is 27.8 Å². The number of likely N-dealkylation sites (N-methyl/N-ethyl adjacent to an activating group) is 1. The van der Waals surface area contributed by atoms with Gasteiger partial charge in [-0.15, -0.1) is 0 Å². The Morgan fingerprint density at radius 1 is 0.800 bits per heavy atom. The van der Waals surface area contributed by atoms with Gasteiger partial charge in [0.1, 0.15) is 18.4 Å². The van der Waals surface area contributed by atoms with Crippen molar-refractivity contribution in [3.63, 3.8) is 0 Å². The van der Waals surface area contributed by atoms with E-state index in [1.165, 1.54) is 0 Å². The summed E-state index contributed by atoms with van der Waals surface area (Å²) in [5.41, 5.74) is 6.35. The molecule has 0 aliphatic carbocycles. The van der Waals surface area contributed by atoms with Crippen LogP contribution in [0.1, 0.15) is 61.4 Å². The standard InChI is InChI=1S/C40H40N2O8/c1-22-16-26-17-27-40(44)42-28(20-47-18-24-12-8-6-9-13-24)30-31(36(46-5)23(2)37-39(30)50-21-49-37)34(43)33(42)32(41(27)3)29(26)38(35(22)45-4)48-19-25-14-10-7-11-15-25/h6-16,27-28,32-33H,17-21H2,1-5H3/t27-,28-,32-,33-/m0/s1. The molecule has 4 atom stereocenters. The molecule has 1 fully saturated rings. The fourth-order valence-corrected chi connectivity index (χ4v) is 8.36. The molecule has 0 spiro atoms. The summed E-state index contributed by atoms with van der Waals surface area (Å²) in [5, 5.41) is 0. The minimum atomic E-state index is -0.916. The van der Waals surface area contributed by atoms with E-state index in [1.54, 1.807) is 19.1 Å². The van der Waals surface area contributed by atoms with Gasteiger partial charge in [0.2, 0.25) is 12.7 Å². The van der Waals surface area contributed by atoms with E-state index in [-0.39, 0.29) is 25.1 Å². The maximum absolute atomic E-state index is 15.2. The molecule has 0 N–H and O–H groups in total. The van der Waals surface area contributed by atoms with Gasteiger partial charge < -0.3 is 33.3 Å². The topological polar surface area (TPSA) is 96.0 Å². The number of aryl methyl sites for hydroxylation is 1. The first kappa shape index (κ1) is 32.2. The first-order chi connectivity index (χ1) is 24.3. The maximum Gasteiger partial charge on any atom is 0.241 e. The monoisotopic (exact) mass is 676 g/mol. The number of piperazine rings is 1. The zero-order valence-corrected chi connectivity index (χ0v) is 28.9. The molecule has 1 saturated heterocycles. The van der Waals surface area contributed by atoms with Gasteiger partial charge in [-0.05, 0) is 49.6 Å². The molecule has 10 nitrogen and oxygen atoms in total. The number of nitrogens with zero attached hydrogens (tertiary/aromatic N) is 2. The number of methoxy groups -OCH3 is 2. The predicted octanol–water partition coefficient (Wildman–Crippen LogP) is 5.89. The van der Waals surface area contributed by atoms with E-state index in [0.29, 0.717) is 65.1 Å². The summed E-state index contributed by atoms with van der Waals surface area (Å²) >= 11 is 0. The van der Waals surface area contributed by atoms with E-state index in [4.69, 9.17) is 28.4 Å². The fourth-order valence-electron chi connectivity index (χ4n) is 8.36. The lowest BCUT2D eigenvalue weighted by atomic mass is 9.73. The number of benzene rings is 4. The third-order valence-corrected chi connectivity index (χ3v) is 10.6. The second kappa shape index (κ2) is 12.7. The van der Waals surface area contributed by atoms with Gasteiger partial charge in [-0.3, -0.25) is 14.5 Å². The lowest BCUT2D eigenvalue weighted by molar-refractivity contribution is -0.156. The van der Waals surface area contributed by atoms with Crippen molar-refractivity contribution in [2.24, 2.45) is 0 Å². The van der Waals surface area contributed by atoms with Gasteiger partial charge in [0, 0.05) is 16.7 Å². The smallest absolute Gasteiger partial charge is 0.241 e. The van der Waals surface area contributed by atoms with E-state index in [2.05, 4.69) is 6.07 Å². The number of ether oxygens (including phenoxy) is 6. The molecule has 4 aliphatic rings. The van der Waals surface area contributed by atoms with Crippen molar-refractivity contribution in [1.82, 2.24) is 9.80 Å². The van der Waals surface area contributed by atoms with Crippen LogP contribution < -0.4 is 23.7 Å². The van der Waals surface area contributed by atoms with Crippen molar-refractivity contribution in [2.45, 2.75) is 57.6 Å². The van der Waals surface area contributed by atoms with Gasteiger partial charge in [0.05, 0.1) is 51.1 Å². The van der Waals surface area contributed by atoms with Crippen LogP contribution >= 0.6 is 0 Å². The van der Waals surface area contributed by atoms with Crippen molar-refractivity contribution in [2.75, 3.05) is 34.7 Å². The third kappa shape index (κ3) is 4.92. The van der Waals surface area contributed by atoms with Crippen LogP contribution in [0.25, 0.3) is 0 Å². The summed E-state index contributed by atoms with van der Waals surface area (Å²) < 4.78 is 37.0. The van der Waals surface area contributed by atoms with Crippen LogP contribution in [-0.2, 0) is 29.2 Å². The number of ketones is 1. The maximum atomic E-state index is 15.2. The van der Waals surface area contributed by atoms with Gasteiger partial charge in [0.15, 0.2) is 28.8 Å². The first-order valence-corrected chi connectivity index (χ1v) is 16.9. The summed E-state index contributed by atoms with van der Waals surface area (Å²) in [6.45, 7) is 4.62. The van der Waals surface area contributed by atoms with Crippen LogP contribution in [-0.4, -0.2) is 68.2 Å². The molecular weight excluding hydrogens is 636 g/mol. The van der Waals surface area contributed by atoms with Crippen LogP contribution in [0.15, 0.2) is 66.7 Å². The van der Waals surface area contributed by atoms with Crippen LogP contribution in [0.3, 0.4) is 0 Å². The summed E-state index contributed by atoms with van der Waals surface area (Å²) in [6.07, 6.45) is 0.449. The Morgan fingerprint density at radius 2 is 1.46 bits per heavy atom. The van der Waals surface area contributed by atoms with Gasteiger partial charge in [-0.1, -0.05) is 66.7 Å². The predicted molar refractivity (Wildman–Crippen MR) is 184 cm³/mol. The highest BCUT2D eigenvalue weighted by atomic mass is 16.7. The summed E-state index contributed by atoms with van der Waals surface area (Å²) in [4.78, 5) is 33.8. The molecule has 0 radical (unpaired) electrons. The van der Waals surface area contributed by atoms with Crippen LogP contribution in [0.2, 0.25) is 0 Å². The number of carbonyl (C=O) groups is 2. The Kier molecular flexibility index (Phi) is 8.16. The van der Waals surface area contributed by atoms with Crippen molar-refractivity contribution in [3.8, 4) is 28.7 Å². The minimum Gasteiger partial charge on any atom is -0.496 e. The average molecular weight is 677 g/mol. The van der Waals surface area contributed by atoms with Crippen LogP contribution in [0.5, 0.6) is 28.7 Å². The Labute approximate surface area is 291 Å². The molecule has 0 unspecified atom stereocenters. The van der Waals surface area contributed by atoms with E-state index in [9.17, 15) is 4.79 Å². The molecule has 4 aromatic rings. The van der Waals surface area contributed by atoms with E-state index >= 15 is 4.79 Å². The molecule has 258 valence electrons. The number of fused-ring (bicyclic) bond motifs is 9. The van der Waals surface area contributed by atoms with Crippen molar-refractivity contribution < 1.29 is 38.0 Å². The molecule has 10 heteroatoms. The van der Waals surface area contributed by atoms with E-state index in [1.807, 2.05) is 86.5 Å².